The Morgan fingerprint density at radius 1 is 1.15 bits per heavy atom. The molecule has 1 amide bonds. The fourth-order valence-corrected chi connectivity index (χ4v) is 4.39. The van der Waals surface area contributed by atoms with Gasteiger partial charge in [0.15, 0.2) is 0 Å². The Balaban J connectivity index is 2.01. The van der Waals surface area contributed by atoms with Crippen molar-refractivity contribution in [1.29, 1.82) is 0 Å². The van der Waals surface area contributed by atoms with Crippen molar-refractivity contribution in [3.8, 4) is 5.69 Å². The van der Waals surface area contributed by atoms with Crippen molar-refractivity contribution in [3.63, 3.8) is 0 Å². The van der Waals surface area contributed by atoms with Crippen LogP contribution in [0.5, 0.6) is 0 Å². The summed E-state index contributed by atoms with van der Waals surface area (Å²) in [7, 11) is 0. The average molecular weight is 383 g/mol. The van der Waals surface area contributed by atoms with Gasteiger partial charge in [-0.05, 0) is 68.7 Å². The van der Waals surface area contributed by atoms with E-state index in [4.69, 9.17) is 12.2 Å². The molecule has 134 valence electrons. The van der Waals surface area contributed by atoms with Crippen molar-refractivity contribution in [3.05, 3.63) is 69.9 Å². The molecule has 1 aliphatic heterocycles. The minimum Gasteiger partial charge on any atom is -0.318 e. The number of thiocarbonyl (C=S) groups is 1. The zero-order chi connectivity index (χ0) is 19.0. The van der Waals surface area contributed by atoms with Crippen LogP contribution in [0.15, 0.2) is 41.8 Å². The Labute approximate surface area is 164 Å². The van der Waals surface area contributed by atoms with E-state index in [1.54, 1.807) is 11.0 Å². The first kappa shape index (κ1) is 18.7. The maximum absolute atomic E-state index is 12.6. The van der Waals surface area contributed by atoms with Crippen molar-refractivity contribution in [2.45, 2.75) is 27.7 Å². The van der Waals surface area contributed by atoms with Crippen molar-refractivity contribution in [1.82, 2.24) is 9.47 Å². The summed E-state index contributed by atoms with van der Waals surface area (Å²) in [5.74, 6) is -0.0455. The lowest BCUT2D eigenvalue weighted by Gasteiger charge is -2.12. The zero-order valence-electron chi connectivity index (χ0n) is 15.5. The van der Waals surface area contributed by atoms with Crippen LogP contribution in [0, 0.1) is 27.7 Å². The van der Waals surface area contributed by atoms with Crippen molar-refractivity contribution in [2.75, 3.05) is 6.54 Å². The van der Waals surface area contributed by atoms with Crippen molar-refractivity contribution < 1.29 is 4.79 Å². The summed E-state index contributed by atoms with van der Waals surface area (Å²) in [4.78, 5) is 14.8. The minimum absolute atomic E-state index is 0.0455. The van der Waals surface area contributed by atoms with E-state index in [0.29, 0.717) is 15.8 Å². The van der Waals surface area contributed by atoms with Crippen LogP contribution in [-0.2, 0) is 4.79 Å². The average Bonchev–Trinajstić information content (AvgIpc) is 3.01. The number of rotatable bonds is 4. The molecule has 2 heterocycles. The Morgan fingerprint density at radius 3 is 2.54 bits per heavy atom. The molecule has 1 aliphatic rings. The summed E-state index contributed by atoms with van der Waals surface area (Å²) in [5, 5.41) is 0. The Bertz CT molecular complexity index is 953. The fraction of sp³-hybridized carbons (Fsp3) is 0.238. The molecule has 5 heteroatoms. The topological polar surface area (TPSA) is 25.2 Å². The number of hydrogen-bond acceptors (Lipinski definition) is 3. The van der Waals surface area contributed by atoms with Gasteiger partial charge in [-0.15, -0.1) is 6.58 Å². The number of carbonyl (C=O) groups is 1. The van der Waals surface area contributed by atoms with Crippen LogP contribution in [-0.4, -0.2) is 26.2 Å². The van der Waals surface area contributed by atoms with E-state index in [0.717, 1.165) is 22.6 Å². The molecule has 0 saturated carbocycles. The van der Waals surface area contributed by atoms with Gasteiger partial charge in [-0.25, -0.2) is 0 Å². The third-order valence-corrected chi connectivity index (χ3v) is 6.07. The molecule has 0 unspecified atom stereocenters. The van der Waals surface area contributed by atoms with E-state index in [1.165, 1.54) is 22.9 Å². The van der Waals surface area contributed by atoms with Crippen LogP contribution in [0.3, 0.4) is 0 Å². The third-order valence-electron chi connectivity index (χ3n) is 4.69. The van der Waals surface area contributed by atoms with Gasteiger partial charge in [-0.3, -0.25) is 9.69 Å². The lowest BCUT2D eigenvalue weighted by Crippen LogP contribution is -2.27. The molecule has 1 aromatic heterocycles. The lowest BCUT2D eigenvalue weighted by molar-refractivity contribution is -0.121. The van der Waals surface area contributed by atoms with Gasteiger partial charge in [0, 0.05) is 23.6 Å². The number of aryl methyl sites for hydroxylation is 3. The molecule has 26 heavy (non-hydrogen) atoms. The summed E-state index contributed by atoms with van der Waals surface area (Å²) in [6.07, 6.45) is 3.64. The van der Waals surface area contributed by atoms with Gasteiger partial charge in [0.25, 0.3) is 5.91 Å². The Kier molecular flexibility index (Phi) is 5.21. The molecular formula is C21H22N2OS2. The van der Waals surface area contributed by atoms with Gasteiger partial charge in [-0.2, -0.15) is 0 Å². The number of hydrogen-bond donors (Lipinski definition) is 0. The highest BCUT2D eigenvalue weighted by Crippen LogP contribution is 2.34. The maximum atomic E-state index is 12.6. The van der Waals surface area contributed by atoms with Crippen molar-refractivity contribution in [2.24, 2.45) is 0 Å². The Hall–Kier alpha value is -2.11. The molecule has 0 atom stereocenters. The highest BCUT2D eigenvalue weighted by molar-refractivity contribution is 8.26. The van der Waals surface area contributed by atoms with Gasteiger partial charge in [0.05, 0.1) is 4.91 Å². The van der Waals surface area contributed by atoms with Crippen LogP contribution >= 0.6 is 24.0 Å². The first-order chi connectivity index (χ1) is 12.3. The van der Waals surface area contributed by atoms with E-state index >= 15 is 0 Å². The van der Waals surface area contributed by atoms with E-state index < -0.39 is 0 Å². The second-order valence-corrected chi connectivity index (χ2v) is 8.19. The summed E-state index contributed by atoms with van der Waals surface area (Å²) >= 11 is 6.67. The van der Waals surface area contributed by atoms with Gasteiger partial charge in [0.1, 0.15) is 4.32 Å². The number of benzene rings is 1. The normalized spacial score (nSPS) is 16.0. The SMILES string of the molecule is C=CCN1C(=O)/C(=C/c2cc(C)n(-c3ccc(C)c(C)c3)c2C)SC1=S. The molecule has 0 aliphatic carbocycles. The number of aromatic nitrogens is 1. The summed E-state index contributed by atoms with van der Waals surface area (Å²) in [6.45, 7) is 12.5. The van der Waals surface area contributed by atoms with Gasteiger partial charge >= 0.3 is 0 Å². The van der Waals surface area contributed by atoms with Crippen LogP contribution in [0.25, 0.3) is 11.8 Å². The van der Waals surface area contributed by atoms with Gasteiger partial charge in [-0.1, -0.05) is 36.1 Å². The maximum Gasteiger partial charge on any atom is 0.266 e. The summed E-state index contributed by atoms with van der Waals surface area (Å²) in [5.41, 5.74) is 6.98. The number of thioether (sulfide) groups is 1. The standard InChI is InChI=1S/C21H22N2OS2/c1-6-9-22-20(24)19(26-21(22)25)12-17-11-15(4)23(16(17)5)18-8-7-13(2)14(3)10-18/h6-8,10-12H,1,9H2,2-5H3/b19-12-. The first-order valence-electron chi connectivity index (χ1n) is 8.46. The van der Waals surface area contributed by atoms with Crippen molar-refractivity contribution >= 4 is 40.3 Å². The Morgan fingerprint density at radius 2 is 1.88 bits per heavy atom. The highest BCUT2D eigenvalue weighted by Gasteiger charge is 2.31. The van der Waals surface area contributed by atoms with Gasteiger partial charge < -0.3 is 4.57 Å². The molecule has 2 aromatic rings. The molecule has 0 bridgehead atoms. The minimum atomic E-state index is -0.0455. The van der Waals surface area contributed by atoms with E-state index in [9.17, 15) is 4.79 Å². The third kappa shape index (κ3) is 3.29. The smallest absolute Gasteiger partial charge is 0.266 e. The molecule has 0 N–H and O–H groups in total. The molecule has 1 aromatic carbocycles. The highest BCUT2D eigenvalue weighted by atomic mass is 32.2. The first-order valence-corrected chi connectivity index (χ1v) is 9.68. The van der Waals surface area contributed by atoms with Crippen LogP contribution < -0.4 is 0 Å². The second kappa shape index (κ2) is 7.25. The molecule has 1 fully saturated rings. The molecule has 3 rings (SSSR count). The molecule has 1 saturated heterocycles. The fourth-order valence-electron chi connectivity index (χ4n) is 3.12. The number of carbonyl (C=O) groups excluding carboxylic acids is 1. The second-order valence-electron chi connectivity index (χ2n) is 6.51. The monoisotopic (exact) mass is 382 g/mol. The lowest BCUT2D eigenvalue weighted by atomic mass is 10.1. The van der Waals surface area contributed by atoms with Crippen LogP contribution in [0.4, 0.5) is 0 Å². The largest absolute Gasteiger partial charge is 0.318 e. The number of amides is 1. The molecule has 3 nitrogen and oxygen atoms in total. The van der Waals surface area contributed by atoms with Gasteiger partial charge in [0.2, 0.25) is 0 Å². The molecule has 0 spiro atoms. The van der Waals surface area contributed by atoms with E-state index in [2.05, 4.69) is 63.1 Å². The molecular weight excluding hydrogens is 360 g/mol. The van der Waals surface area contributed by atoms with Crippen LogP contribution in [0.1, 0.15) is 28.1 Å². The quantitative estimate of drug-likeness (QED) is 0.418. The number of nitrogens with zero attached hydrogens (tertiary/aromatic N) is 2. The van der Waals surface area contributed by atoms with E-state index in [-0.39, 0.29) is 5.91 Å². The molecule has 0 radical (unpaired) electrons. The van der Waals surface area contributed by atoms with E-state index in [1.807, 2.05) is 6.08 Å². The zero-order valence-corrected chi connectivity index (χ0v) is 17.1. The summed E-state index contributed by atoms with van der Waals surface area (Å²) < 4.78 is 2.81. The predicted molar refractivity (Wildman–Crippen MR) is 115 cm³/mol. The van der Waals surface area contributed by atoms with Crippen LogP contribution in [0.2, 0.25) is 0 Å². The summed E-state index contributed by atoms with van der Waals surface area (Å²) in [6, 6.07) is 8.59. The predicted octanol–water partition coefficient (Wildman–Crippen LogP) is 5.10.